The number of ketones is 1. The number of aryl methyl sites for hydroxylation is 1. The van der Waals surface area contributed by atoms with E-state index in [0.29, 0.717) is 6.42 Å². The Morgan fingerprint density at radius 3 is 2.58 bits per heavy atom. The highest BCUT2D eigenvalue weighted by Gasteiger charge is 2.42. The van der Waals surface area contributed by atoms with Crippen molar-refractivity contribution >= 4 is 29.2 Å². The van der Waals surface area contributed by atoms with Gasteiger partial charge >= 0.3 is 5.97 Å². The summed E-state index contributed by atoms with van der Waals surface area (Å²) in [4.78, 5) is 30.3. The average molecular weight is 478 g/mol. The molecule has 7 heteroatoms. The molecule has 1 aromatic rings. The predicted molar refractivity (Wildman–Crippen MR) is 132 cm³/mol. The number of carbonyl (C=O) groups excluding carboxylic acids is 2. The van der Waals surface area contributed by atoms with Crippen LogP contribution in [-0.4, -0.2) is 45.3 Å². The molecular formula is C26H39NO5S. The van der Waals surface area contributed by atoms with Crippen molar-refractivity contribution in [2.45, 2.75) is 92.0 Å². The molecular weight excluding hydrogens is 438 g/mol. The molecule has 0 aromatic carbocycles. The molecule has 0 aliphatic carbocycles. The normalized spacial score (nSPS) is 31.8. The second kappa shape index (κ2) is 12.0. The summed E-state index contributed by atoms with van der Waals surface area (Å²) in [5.41, 5.74) is 0.513. The lowest BCUT2D eigenvalue weighted by Crippen LogP contribution is -2.45. The van der Waals surface area contributed by atoms with Gasteiger partial charge in [0, 0.05) is 17.7 Å². The highest BCUT2D eigenvalue weighted by Crippen LogP contribution is 2.32. The van der Waals surface area contributed by atoms with E-state index in [-0.39, 0.29) is 18.1 Å². The van der Waals surface area contributed by atoms with E-state index < -0.39 is 35.6 Å². The minimum Gasteiger partial charge on any atom is -0.457 e. The number of hydrogen-bond acceptors (Lipinski definition) is 7. The van der Waals surface area contributed by atoms with Gasteiger partial charge in [-0.2, -0.15) is 0 Å². The van der Waals surface area contributed by atoms with Crippen molar-refractivity contribution in [3.05, 3.63) is 33.8 Å². The van der Waals surface area contributed by atoms with E-state index in [2.05, 4.69) is 11.1 Å². The van der Waals surface area contributed by atoms with Crippen molar-refractivity contribution in [1.82, 2.24) is 4.98 Å². The third kappa shape index (κ3) is 7.59. The zero-order chi connectivity index (χ0) is 24.8. The summed E-state index contributed by atoms with van der Waals surface area (Å²) in [6.45, 7) is 10.8. The number of nitrogens with zero attached hydrogens (tertiary/aromatic N) is 1. The molecule has 0 spiro atoms. The Labute approximate surface area is 201 Å². The number of carbonyl (C=O) groups is 2. The van der Waals surface area contributed by atoms with Crippen LogP contribution in [0, 0.1) is 24.2 Å². The monoisotopic (exact) mass is 477 g/mol. The van der Waals surface area contributed by atoms with Gasteiger partial charge in [-0.1, -0.05) is 39.8 Å². The van der Waals surface area contributed by atoms with Crippen molar-refractivity contribution in [3.63, 3.8) is 0 Å². The fourth-order valence-corrected chi connectivity index (χ4v) is 4.75. The highest BCUT2D eigenvalue weighted by atomic mass is 32.1. The molecule has 0 saturated carbocycles. The predicted octanol–water partition coefficient (Wildman–Crippen LogP) is 4.88. The van der Waals surface area contributed by atoms with Gasteiger partial charge in [-0.3, -0.25) is 9.59 Å². The van der Waals surface area contributed by atoms with Gasteiger partial charge in [-0.05, 0) is 50.7 Å². The van der Waals surface area contributed by atoms with Gasteiger partial charge in [0.2, 0.25) is 0 Å². The maximum Gasteiger partial charge on any atom is 0.309 e. The zero-order valence-electron chi connectivity index (χ0n) is 20.7. The van der Waals surface area contributed by atoms with Crippen molar-refractivity contribution in [2.24, 2.45) is 17.3 Å². The first kappa shape index (κ1) is 27.4. The topological polar surface area (TPSA) is 96.7 Å². The van der Waals surface area contributed by atoms with Crippen LogP contribution >= 0.6 is 11.3 Å². The number of ether oxygens (including phenoxy) is 1. The van der Waals surface area contributed by atoms with Gasteiger partial charge in [-0.15, -0.1) is 11.3 Å². The fraction of sp³-hybridized carbons (Fsp3) is 0.654. The van der Waals surface area contributed by atoms with Gasteiger partial charge in [0.1, 0.15) is 11.9 Å². The third-order valence-corrected chi connectivity index (χ3v) is 7.47. The smallest absolute Gasteiger partial charge is 0.309 e. The molecule has 184 valence electrons. The summed E-state index contributed by atoms with van der Waals surface area (Å²) in [5, 5.41) is 24.4. The van der Waals surface area contributed by atoms with E-state index in [4.69, 9.17) is 4.74 Å². The molecule has 0 radical (unpaired) electrons. The highest BCUT2D eigenvalue weighted by molar-refractivity contribution is 7.09. The van der Waals surface area contributed by atoms with Gasteiger partial charge < -0.3 is 14.9 Å². The van der Waals surface area contributed by atoms with Gasteiger partial charge in [0.25, 0.3) is 0 Å². The molecule has 0 fully saturated rings. The lowest BCUT2D eigenvalue weighted by Gasteiger charge is -2.34. The number of thiazole rings is 1. The van der Waals surface area contributed by atoms with Crippen LogP contribution in [0.5, 0.6) is 0 Å². The van der Waals surface area contributed by atoms with Gasteiger partial charge in [0.05, 0.1) is 34.7 Å². The van der Waals surface area contributed by atoms with E-state index >= 15 is 0 Å². The second-order valence-electron chi connectivity index (χ2n) is 9.86. The van der Waals surface area contributed by atoms with Crippen molar-refractivity contribution in [3.8, 4) is 0 Å². The number of esters is 1. The third-order valence-electron chi connectivity index (χ3n) is 6.68. The molecule has 0 saturated heterocycles. The largest absolute Gasteiger partial charge is 0.457 e. The number of rotatable bonds is 2. The van der Waals surface area contributed by atoms with Crippen LogP contribution in [0.4, 0.5) is 0 Å². The summed E-state index contributed by atoms with van der Waals surface area (Å²) in [5.74, 6) is -1.48. The average Bonchev–Trinajstić information content (AvgIpc) is 3.16. The molecule has 33 heavy (non-hydrogen) atoms. The Balaban J connectivity index is 2.27. The summed E-state index contributed by atoms with van der Waals surface area (Å²) in [7, 11) is 0. The van der Waals surface area contributed by atoms with Crippen molar-refractivity contribution < 1.29 is 24.5 Å². The van der Waals surface area contributed by atoms with E-state index in [9.17, 15) is 19.8 Å². The molecule has 0 bridgehead atoms. The van der Waals surface area contributed by atoms with Crippen LogP contribution in [-0.2, 0) is 14.3 Å². The Bertz CT molecular complexity index is 872. The summed E-state index contributed by atoms with van der Waals surface area (Å²) >= 11 is 1.56. The number of aromatic nitrogens is 1. The first-order chi connectivity index (χ1) is 15.4. The van der Waals surface area contributed by atoms with Crippen LogP contribution in [0.3, 0.4) is 0 Å². The lowest BCUT2D eigenvalue weighted by molar-refractivity contribution is -0.154. The SMILES string of the molecule is C/C(=C/c1csc(C)n1)[C@@H]1C/C=C/CCC[C@H](C)[C@H](O)[C@@H](C)C(=O)C(C)(C)[C@@H](O)CC(=O)O1. The molecule has 2 rings (SSSR count). The molecule has 1 aromatic heterocycles. The molecule has 5 atom stereocenters. The fourth-order valence-electron chi connectivity index (χ4n) is 4.18. The van der Waals surface area contributed by atoms with Crippen molar-refractivity contribution in [2.75, 3.05) is 0 Å². The van der Waals surface area contributed by atoms with Crippen molar-refractivity contribution in [1.29, 1.82) is 0 Å². The maximum absolute atomic E-state index is 13.1. The zero-order valence-corrected chi connectivity index (χ0v) is 21.5. The van der Waals surface area contributed by atoms with E-state index in [1.54, 1.807) is 32.1 Å². The number of hydrogen-bond donors (Lipinski definition) is 2. The number of cyclic esters (lactones) is 1. The molecule has 1 aliphatic rings. The van der Waals surface area contributed by atoms with Crippen LogP contribution in [0.15, 0.2) is 23.1 Å². The lowest BCUT2D eigenvalue weighted by atomic mass is 9.73. The molecule has 2 N–H and O–H groups in total. The number of Topliss-reactive ketones (excluding diaryl/α,β-unsaturated/α-hetero) is 1. The summed E-state index contributed by atoms with van der Waals surface area (Å²) in [6.07, 6.45) is 6.28. The van der Waals surface area contributed by atoms with Crippen LogP contribution in [0.2, 0.25) is 0 Å². The first-order valence-corrected chi connectivity index (χ1v) is 12.7. The second-order valence-corrected chi connectivity index (χ2v) is 10.9. The van der Waals surface area contributed by atoms with E-state index in [0.717, 1.165) is 35.5 Å². The Morgan fingerprint density at radius 1 is 1.24 bits per heavy atom. The van der Waals surface area contributed by atoms with E-state index in [1.807, 2.05) is 38.3 Å². The Hall–Kier alpha value is -1.83. The standard InChI is InChI=1S/C26H39NO5S/c1-16-11-9-7-8-10-12-21(17(2)13-20-15-33-19(4)27-20)32-23(29)14-22(28)26(5,6)25(31)18(3)24(16)30/h8,10,13,15-16,18,21-22,24,28,30H,7,9,11-12,14H2,1-6H3/b10-8+,17-13-/t16-,18+,21-,22-,24-/m0/s1. The van der Waals surface area contributed by atoms with Gasteiger partial charge in [0.15, 0.2) is 0 Å². The molecule has 0 unspecified atom stereocenters. The quantitative estimate of drug-likeness (QED) is 0.466. The number of aliphatic hydroxyl groups is 2. The number of aliphatic hydroxyl groups excluding tert-OH is 2. The first-order valence-electron chi connectivity index (χ1n) is 11.8. The molecule has 6 nitrogen and oxygen atoms in total. The van der Waals surface area contributed by atoms with Crippen LogP contribution in [0.25, 0.3) is 6.08 Å². The maximum atomic E-state index is 13.1. The Kier molecular flexibility index (Phi) is 10.0. The minimum atomic E-state index is -1.21. The Morgan fingerprint density at radius 2 is 1.94 bits per heavy atom. The van der Waals surface area contributed by atoms with Gasteiger partial charge in [-0.25, -0.2) is 4.98 Å². The minimum absolute atomic E-state index is 0.0392. The molecule has 0 amide bonds. The summed E-state index contributed by atoms with van der Waals surface area (Å²) < 4.78 is 5.75. The van der Waals surface area contributed by atoms with Crippen LogP contribution < -0.4 is 0 Å². The summed E-state index contributed by atoms with van der Waals surface area (Å²) in [6, 6.07) is 0. The van der Waals surface area contributed by atoms with Crippen LogP contribution in [0.1, 0.15) is 77.4 Å². The number of allylic oxidation sites excluding steroid dienone is 1. The molecule has 2 heterocycles. The van der Waals surface area contributed by atoms with E-state index in [1.165, 1.54) is 0 Å². The molecule has 1 aliphatic heterocycles.